The average Bonchev–Trinajstić information content (AvgIpc) is 2.29. The Morgan fingerprint density at radius 1 is 1.33 bits per heavy atom. The summed E-state index contributed by atoms with van der Waals surface area (Å²) in [5.74, 6) is 0. The van der Waals surface area contributed by atoms with Gasteiger partial charge < -0.3 is 15.5 Å². The molecule has 0 saturated heterocycles. The van der Waals surface area contributed by atoms with Gasteiger partial charge in [-0.25, -0.2) is 0 Å². The fourth-order valence-electron chi connectivity index (χ4n) is 1.79. The van der Waals surface area contributed by atoms with Gasteiger partial charge in [0.1, 0.15) is 0 Å². The SMILES string of the molecule is CC(C)(CCO)CNCC(O)c1ccccc1Cl. The molecule has 1 atom stereocenters. The molecule has 0 saturated carbocycles. The van der Waals surface area contributed by atoms with E-state index in [4.69, 9.17) is 16.7 Å². The fourth-order valence-corrected chi connectivity index (χ4v) is 2.06. The minimum atomic E-state index is -0.608. The summed E-state index contributed by atoms with van der Waals surface area (Å²) in [5, 5.41) is 22.8. The Labute approximate surface area is 114 Å². The number of hydrogen-bond donors (Lipinski definition) is 3. The van der Waals surface area contributed by atoms with Crippen molar-refractivity contribution >= 4 is 11.6 Å². The third-order valence-corrected chi connectivity index (χ3v) is 3.34. The number of aliphatic hydroxyl groups excluding tert-OH is 2. The van der Waals surface area contributed by atoms with Gasteiger partial charge in [-0.2, -0.15) is 0 Å². The molecule has 102 valence electrons. The molecule has 0 aliphatic rings. The maximum atomic E-state index is 10.0. The van der Waals surface area contributed by atoms with Crippen LogP contribution in [0.1, 0.15) is 31.9 Å². The maximum absolute atomic E-state index is 10.0. The van der Waals surface area contributed by atoms with Crippen LogP contribution < -0.4 is 5.32 Å². The summed E-state index contributed by atoms with van der Waals surface area (Å²) in [6.07, 6.45) is 0.131. The number of halogens is 1. The molecule has 0 aliphatic heterocycles. The van der Waals surface area contributed by atoms with E-state index < -0.39 is 6.10 Å². The summed E-state index contributed by atoms with van der Waals surface area (Å²) in [6.45, 7) is 5.55. The normalized spacial score (nSPS) is 13.6. The quantitative estimate of drug-likeness (QED) is 0.714. The topological polar surface area (TPSA) is 52.5 Å². The summed E-state index contributed by atoms with van der Waals surface area (Å²) in [7, 11) is 0. The van der Waals surface area contributed by atoms with Crippen LogP contribution in [0.15, 0.2) is 24.3 Å². The van der Waals surface area contributed by atoms with Gasteiger partial charge in [-0.05, 0) is 17.9 Å². The highest BCUT2D eigenvalue weighted by molar-refractivity contribution is 6.31. The van der Waals surface area contributed by atoms with Crippen molar-refractivity contribution in [3.8, 4) is 0 Å². The molecule has 18 heavy (non-hydrogen) atoms. The molecule has 0 radical (unpaired) electrons. The zero-order chi connectivity index (χ0) is 13.6. The zero-order valence-electron chi connectivity index (χ0n) is 11.0. The van der Waals surface area contributed by atoms with Gasteiger partial charge in [0.15, 0.2) is 0 Å². The van der Waals surface area contributed by atoms with E-state index in [1.807, 2.05) is 18.2 Å². The lowest BCUT2D eigenvalue weighted by Gasteiger charge is -2.25. The lowest BCUT2D eigenvalue weighted by Crippen LogP contribution is -2.33. The third kappa shape index (κ3) is 4.94. The van der Waals surface area contributed by atoms with Crippen molar-refractivity contribution in [1.82, 2.24) is 5.32 Å². The van der Waals surface area contributed by atoms with Crippen molar-refractivity contribution in [2.24, 2.45) is 5.41 Å². The molecule has 1 unspecified atom stereocenters. The monoisotopic (exact) mass is 271 g/mol. The zero-order valence-corrected chi connectivity index (χ0v) is 11.7. The molecule has 1 rings (SSSR count). The summed E-state index contributed by atoms with van der Waals surface area (Å²) >= 11 is 6.02. The van der Waals surface area contributed by atoms with E-state index in [2.05, 4.69) is 19.2 Å². The Morgan fingerprint density at radius 2 is 2.00 bits per heavy atom. The second-order valence-electron chi connectivity index (χ2n) is 5.31. The molecule has 0 bridgehead atoms. The van der Waals surface area contributed by atoms with E-state index in [-0.39, 0.29) is 12.0 Å². The molecular formula is C14H22ClNO2. The van der Waals surface area contributed by atoms with Crippen LogP contribution in [-0.4, -0.2) is 29.9 Å². The van der Waals surface area contributed by atoms with Gasteiger partial charge in [0, 0.05) is 30.3 Å². The van der Waals surface area contributed by atoms with Gasteiger partial charge in [-0.3, -0.25) is 0 Å². The number of benzene rings is 1. The van der Waals surface area contributed by atoms with Gasteiger partial charge in [-0.1, -0.05) is 43.6 Å². The highest BCUT2D eigenvalue weighted by Gasteiger charge is 2.18. The van der Waals surface area contributed by atoms with E-state index in [1.54, 1.807) is 6.07 Å². The number of nitrogens with one attached hydrogen (secondary N) is 1. The number of hydrogen-bond acceptors (Lipinski definition) is 3. The maximum Gasteiger partial charge on any atom is 0.0928 e. The van der Waals surface area contributed by atoms with E-state index in [0.29, 0.717) is 11.6 Å². The van der Waals surface area contributed by atoms with Crippen LogP contribution in [-0.2, 0) is 0 Å². The van der Waals surface area contributed by atoms with Gasteiger partial charge in [0.25, 0.3) is 0 Å². The van der Waals surface area contributed by atoms with Gasteiger partial charge in [-0.15, -0.1) is 0 Å². The van der Waals surface area contributed by atoms with Gasteiger partial charge in [0.2, 0.25) is 0 Å². The van der Waals surface area contributed by atoms with Crippen LogP contribution in [0.5, 0.6) is 0 Å². The highest BCUT2D eigenvalue weighted by atomic mass is 35.5. The fraction of sp³-hybridized carbons (Fsp3) is 0.571. The first kappa shape index (κ1) is 15.4. The molecule has 3 N–H and O–H groups in total. The molecule has 3 nitrogen and oxygen atoms in total. The van der Waals surface area contributed by atoms with Crippen molar-refractivity contribution < 1.29 is 10.2 Å². The molecule has 1 aromatic rings. The molecule has 0 aromatic heterocycles. The molecule has 0 fully saturated rings. The second-order valence-corrected chi connectivity index (χ2v) is 5.71. The van der Waals surface area contributed by atoms with E-state index >= 15 is 0 Å². The van der Waals surface area contributed by atoms with Crippen molar-refractivity contribution in [3.05, 3.63) is 34.9 Å². The molecule has 0 heterocycles. The molecule has 1 aromatic carbocycles. The summed E-state index contributed by atoms with van der Waals surface area (Å²) in [6, 6.07) is 7.31. The summed E-state index contributed by atoms with van der Waals surface area (Å²) in [5.41, 5.74) is 0.765. The van der Waals surface area contributed by atoms with Crippen LogP contribution in [0.3, 0.4) is 0 Å². The Balaban J connectivity index is 2.43. The molecule has 4 heteroatoms. The Morgan fingerprint density at radius 3 is 2.61 bits per heavy atom. The Bertz CT molecular complexity index is 369. The molecular weight excluding hydrogens is 250 g/mol. The van der Waals surface area contributed by atoms with Crippen LogP contribution in [0, 0.1) is 5.41 Å². The first-order valence-electron chi connectivity index (χ1n) is 6.20. The Hall–Kier alpha value is -0.610. The molecule has 0 aliphatic carbocycles. The lowest BCUT2D eigenvalue weighted by molar-refractivity contribution is 0.161. The smallest absolute Gasteiger partial charge is 0.0928 e. The number of aliphatic hydroxyl groups is 2. The highest BCUT2D eigenvalue weighted by Crippen LogP contribution is 2.22. The average molecular weight is 272 g/mol. The second kappa shape index (κ2) is 7.10. The summed E-state index contributed by atoms with van der Waals surface area (Å²) < 4.78 is 0. The van der Waals surface area contributed by atoms with Crippen molar-refractivity contribution in [1.29, 1.82) is 0 Å². The molecule has 0 amide bonds. The summed E-state index contributed by atoms with van der Waals surface area (Å²) in [4.78, 5) is 0. The van der Waals surface area contributed by atoms with Crippen LogP contribution in [0.2, 0.25) is 5.02 Å². The number of rotatable bonds is 7. The predicted octanol–water partition coefficient (Wildman–Crippen LogP) is 2.37. The van der Waals surface area contributed by atoms with Gasteiger partial charge >= 0.3 is 0 Å². The van der Waals surface area contributed by atoms with E-state index in [1.165, 1.54) is 0 Å². The van der Waals surface area contributed by atoms with Crippen LogP contribution >= 0.6 is 11.6 Å². The lowest BCUT2D eigenvalue weighted by atomic mass is 9.89. The van der Waals surface area contributed by atoms with Crippen molar-refractivity contribution in [3.63, 3.8) is 0 Å². The molecule has 0 spiro atoms. The van der Waals surface area contributed by atoms with E-state index in [0.717, 1.165) is 18.5 Å². The van der Waals surface area contributed by atoms with Crippen LogP contribution in [0.4, 0.5) is 0 Å². The van der Waals surface area contributed by atoms with Crippen molar-refractivity contribution in [2.45, 2.75) is 26.4 Å². The first-order chi connectivity index (χ1) is 8.46. The minimum absolute atomic E-state index is 0.0228. The van der Waals surface area contributed by atoms with Crippen molar-refractivity contribution in [2.75, 3.05) is 19.7 Å². The predicted molar refractivity (Wildman–Crippen MR) is 74.8 cm³/mol. The largest absolute Gasteiger partial charge is 0.396 e. The minimum Gasteiger partial charge on any atom is -0.396 e. The first-order valence-corrected chi connectivity index (χ1v) is 6.58. The Kier molecular flexibility index (Phi) is 6.09. The van der Waals surface area contributed by atoms with Gasteiger partial charge in [0.05, 0.1) is 6.10 Å². The third-order valence-electron chi connectivity index (χ3n) is 2.99. The standard InChI is InChI=1S/C14H22ClNO2/c1-14(2,7-8-17)10-16-9-13(18)11-5-3-4-6-12(11)15/h3-6,13,16-18H,7-10H2,1-2H3. The van der Waals surface area contributed by atoms with E-state index in [9.17, 15) is 5.11 Å². The van der Waals surface area contributed by atoms with Crippen LogP contribution in [0.25, 0.3) is 0 Å².